The SMILES string of the molecule is COc1ccc(NC(=O)c2cc3c(C=O)ccc(OC)c3o2)cc1. The van der Waals surface area contributed by atoms with Crippen LogP contribution in [-0.4, -0.2) is 26.4 Å². The third kappa shape index (κ3) is 2.81. The van der Waals surface area contributed by atoms with Crippen LogP contribution < -0.4 is 14.8 Å². The lowest BCUT2D eigenvalue weighted by atomic mass is 10.1. The van der Waals surface area contributed by atoms with Crippen LogP contribution in [-0.2, 0) is 0 Å². The summed E-state index contributed by atoms with van der Waals surface area (Å²) in [5.74, 6) is 0.819. The van der Waals surface area contributed by atoms with E-state index in [4.69, 9.17) is 13.9 Å². The molecule has 0 aliphatic carbocycles. The van der Waals surface area contributed by atoms with Gasteiger partial charge >= 0.3 is 0 Å². The summed E-state index contributed by atoms with van der Waals surface area (Å²) in [7, 11) is 3.06. The van der Waals surface area contributed by atoms with Crippen molar-refractivity contribution in [3.8, 4) is 11.5 Å². The van der Waals surface area contributed by atoms with Gasteiger partial charge in [-0.25, -0.2) is 0 Å². The van der Waals surface area contributed by atoms with E-state index in [2.05, 4.69) is 5.32 Å². The zero-order valence-corrected chi connectivity index (χ0v) is 13.2. The number of ether oxygens (including phenoxy) is 2. The maximum Gasteiger partial charge on any atom is 0.291 e. The molecule has 0 bridgehead atoms. The number of carbonyl (C=O) groups is 2. The molecule has 1 amide bonds. The molecule has 0 saturated heterocycles. The standard InChI is InChI=1S/C18H15NO5/c1-22-13-6-4-12(5-7-13)19-18(21)16-9-14-11(10-20)3-8-15(23-2)17(14)24-16/h3-10H,1-2H3,(H,19,21). The first-order chi connectivity index (χ1) is 11.7. The second-order valence-corrected chi connectivity index (χ2v) is 5.01. The van der Waals surface area contributed by atoms with Gasteiger partial charge in [0, 0.05) is 16.6 Å². The Labute approximate surface area is 138 Å². The molecule has 122 valence electrons. The van der Waals surface area contributed by atoms with Crippen molar-refractivity contribution in [3.63, 3.8) is 0 Å². The molecule has 0 radical (unpaired) electrons. The molecule has 6 heteroatoms. The molecule has 2 aromatic carbocycles. The zero-order chi connectivity index (χ0) is 17.1. The molecule has 6 nitrogen and oxygen atoms in total. The van der Waals surface area contributed by atoms with Crippen molar-refractivity contribution in [2.75, 3.05) is 19.5 Å². The van der Waals surface area contributed by atoms with E-state index in [1.807, 2.05) is 0 Å². The van der Waals surface area contributed by atoms with Crippen molar-refractivity contribution in [2.24, 2.45) is 0 Å². The molecule has 0 unspecified atom stereocenters. The minimum absolute atomic E-state index is 0.0911. The van der Waals surface area contributed by atoms with E-state index in [-0.39, 0.29) is 5.76 Å². The van der Waals surface area contributed by atoms with Gasteiger partial charge in [-0.05, 0) is 42.5 Å². The van der Waals surface area contributed by atoms with Gasteiger partial charge in [0.25, 0.3) is 5.91 Å². The highest BCUT2D eigenvalue weighted by Crippen LogP contribution is 2.31. The van der Waals surface area contributed by atoms with Crippen LogP contribution in [0.1, 0.15) is 20.9 Å². The molecule has 3 aromatic rings. The summed E-state index contributed by atoms with van der Waals surface area (Å²) < 4.78 is 15.9. The van der Waals surface area contributed by atoms with Gasteiger partial charge in [0.05, 0.1) is 14.2 Å². The van der Waals surface area contributed by atoms with Gasteiger partial charge in [0.2, 0.25) is 0 Å². The van der Waals surface area contributed by atoms with Crippen molar-refractivity contribution < 1.29 is 23.5 Å². The molecule has 1 N–H and O–H groups in total. The molecule has 0 atom stereocenters. The van der Waals surface area contributed by atoms with Gasteiger partial charge in [-0.15, -0.1) is 0 Å². The van der Waals surface area contributed by atoms with Crippen molar-refractivity contribution in [1.82, 2.24) is 0 Å². The fourth-order valence-electron chi connectivity index (χ4n) is 2.36. The largest absolute Gasteiger partial charge is 0.497 e. The third-order valence-electron chi connectivity index (χ3n) is 3.60. The fourth-order valence-corrected chi connectivity index (χ4v) is 2.36. The predicted octanol–water partition coefficient (Wildman–Crippen LogP) is 3.51. The average Bonchev–Trinajstić information content (AvgIpc) is 3.07. The van der Waals surface area contributed by atoms with Crippen LogP contribution in [0.3, 0.4) is 0 Å². The molecule has 0 fully saturated rings. The van der Waals surface area contributed by atoms with Crippen molar-refractivity contribution in [3.05, 3.63) is 53.8 Å². The number of benzene rings is 2. The monoisotopic (exact) mass is 325 g/mol. The summed E-state index contributed by atoms with van der Waals surface area (Å²) in [6.45, 7) is 0. The summed E-state index contributed by atoms with van der Waals surface area (Å²) in [6.07, 6.45) is 0.711. The van der Waals surface area contributed by atoms with Gasteiger partial charge in [-0.3, -0.25) is 9.59 Å². The van der Waals surface area contributed by atoms with E-state index in [0.717, 1.165) is 0 Å². The van der Waals surface area contributed by atoms with Gasteiger partial charge in [-0.2, -0.15) is 0 Å². The van der Waals surface area contributed by atoms with Crippen LogP contribution >= 0.6 is 0 Å². The normalized spacial score (nSPS) is 10.4. The number of carbonyl (C=O) groups excluding carboxylic acids is 2. The number of hydrogen-bond acceptors (Lipinski definition) is 5. The number of furan rings is 1. The molecule has 0 aliphatic rings. The first-order valence-electron chi connectivity index (χ1n) is 7.17. The van der Waals surface area contributed by atoms with Crippen molar-refractivity contribution in [1.29, 1.82) is 0 Å². The van der Waals surface area contributed by atoms with E-state index in [1.54, 1.807) is 43.5 Å². The summed E-state index contributed by atoms with van der Waals surface area (Å²) in [5, 5.41) is 3.26. The molecule has 1 heterocycles. The van der Waals surface area contributed by atoms with E-state index in [1.165, 1.54) is 13.2 Å². The third-order valence-corrected chi connectivity index (χ3v) is 3.60. The number of anilines is 1. The highest BCUT2D eigenvalue weighted by molar-refractivity contribution is 6.07. The maximum absolute atomic E-state index is 12.4. The highest BCUT2D eigenvalue weighted by Gasteiger charge is 2.17. The van der Waals surface area contributed by atoms with Crippen LogP contribution in [0.4, 0.5) is 5.69 Å². The first-order valence-corrected chi connectivity index (χ1v) is 7.17. The first kappa shape index (κ1) is 15.6. The van der Waals surface area contributed by atoms with Crippen molar-refractivity contribution in [2.45, 2.75) is 0 Å². The summed E-state index contributed by atoms with van der Waals surface area (Å²) in [4.78, 5) is 23.5. The number of hydrogen-bond donors (Lipinski definition) is 1. The van der Waals surface area contributed by atoms with E-state index < -0.39 is 5.91 Å². The molecule has 0 saturated carbocycles. The Morgan fingerprint density at radius 2 is 1.83 bits per heavy atom. The number of amides is 1. The maximum atomic E-state index is 12.4. The minimum Gasteiger partial charge on any atom is -0.497 e. The van der Waals surface area contributed by atoms with Gasteiger partial charge in [-0.1, -0.05) is 0 Å². The highest BCUT2D eigenvalue weighted by atomic mass is 16.5. The Morgan fingerprint density at radius 1 is 1.08 bits per heavy atom. The van der Waals surface area contributed by atoms with E-state index >= 15 is 0 Å². The minimum atomic E-state index is -0.421. The van der Waals surface area contributed by atoms with E-state index in [0.29, 0.717) is 40.0 Å². The zero-order valence-electron chi connectivity index (χ0n) is 13.2. The molecule has 0 spiro atoms. The number of nitrogens with one attached hydrogen (secondary N) is 1. The lowest BCUT2D eigenvalue weighted by Gasteiger charge is -2.04. The quantitative estimate of drug-likeness (QED) is 0.726. The van der Waals surface area contributed by atoms with Crippen LogP contribution in [0, 0.1) is 0 Å². The van der Waals surface area contributed by atoms with Gasteiger partial charge in [0.15, 0.2) is 23.4 Å². The number of fused-ring (bicyclic) bond motifs is 1. The second-order valence-electron chi connectivity index (χ2n) is 5.01. The van der Waals surface area contributed by atoms with E-state index in [9.17, 15) is 9.59 Å². The molecular weight excluding hydrogens is 310 g/mol. The van der Waals surface area contributed by atoms with Crippen LogP contribution in [0.2, 0.25) is 0 Å². The number of aldehydes is 1. The van der Waals surface area contributed by atoms with Gasteiger partial charge < -0.3 is 19.2 Å². The van der Waals surface area contributed by atoms with Crippen LogP contribution in [0.25, 0.3) is 11.0 Å². The second kappa shape index (κ2) is 6.45. The predicted molar refractivity (Wildman–Crippen MR) is 89.1 cm³/mol. The fraction of sp³-hybridized carbons (Fsp3) is 0.111. The average molecular weight is 325 g/mol. The summed E-state index contributed by atoms with van der Waals surface area (Å²) in [5.41, 5.74) is 1.39. The Morgan fingerprint density at radius 3 is 2.46 bits per heavy atom. The molecule has 0 aliphatic heterocycles. The van der Waals surface area contributed by atoms with Crippen LogP contribution in [0.15, 0.2) is 46.9 Å². The Balaban J connectivity index is 1.93. The molecule has 3 rings (SSSR count). The number of methoxy groups -OCH3 is 2. The lowest BCUT2D eigenvalue weighted by molar-refractivity contribution is 0.0998. The Bertz CT molecular complexity index is 896. The molecular formula is C18H15NO5. The Hall–Kier alpha value is -3.28. The van der Waals surface area contributed by atoms with Crippen LogP contribution in [0.5, 0.6) is 11.5 Å². The lowest BCUT2D eigenvalue weighted by Crippen LogP contribution is -2.10. The smallest absolute Gasteiger partial charge is 0.291 e. The molecule has 1 aromatic heterocycles. The number of rotatable bonds is 5. The van der Waals surface area contributed by atoms with Gasteiger partial charge in [0.1, 0.15) is 5.75 Å². The van der Waals surface area contributed by atoms with Crippen molar-refractivity contribution >= 4 is 28.8 Å². The molecule has 24 heavy (non-hydrogen) atoms. The Kier molecular flexibility index (Phi) is 4.20. The summed E-state index contributed by atoms with van der Waals surface area (Å²) >= 11 is 0. The topological polar surface area (TPSA) is 77.8 Å². The summed E-state index contributed by atoms with van der Waals surface area (Å²) in [6, 6.07) is 11.7.